The van der Waals surface area contributed by atoms with Gasteiger partial charge in [-0.25, -0.2) is 0 Å². The van der Waals surface area contributed by atoms with Crippen LogP contribution in [0.25, 0.3) is 86.0 Å². The maximum absolute atomic E-state index is 6.68. The van der Waals surface area contributed by atoms with Crippen molar-refractivity contribution in [2.75, 3.05) is 4.90 Å². The van der Waals surface area contributed by atoms with E-state index in [1.807, 2.05) is 36.4 Å². The van der Waals surface area contributed by atoms with Crippen LogP contribution in [0.1, 0.15) is 0 Å². The number of anilines is 3. The second-order valence-corrected chi connectivity index (χ2v) is 13.1. The first kappa shape index (κ1) is 25.2. The summed E-state index contributed by atoms with van der Waals surface area (Å²) < 4.78 is 22.4. The van der Waals surface area contributed by atoms with Crippen molar-refractivity contribution in [2.45, 2.75) is 0 Å². The lowest BCUT2D eigenvalue weighted by Crippen LogP contribution is -2.11. The van der Waals surface area contributed by atoms with Gasteiger partial charge in [-0.05, 0) is 54.6 Å². The summed E-state index contributed by atoms with van der Waals surface area (Å²) in [7, 11) is 0. The Balaban J connectivity index is 1.31. The quantitative estimate of drug-likeness (QED) is 0.197. The fourth-order valence-corrected chi connectivity index (χ4v) is 8.58. The molecule has 0 N–H and O–H groups in total. The fourth-order valence-electron chi connectivity index (χ4n) is 7.46. The maximum Gasteiger partial charge on any atom is 0.159 e. The second-order valence-electron chi connectivity index (χ2n) is 12.0. The average Bonchev–Trinajstić information content (AvgIpc) is 3.88. The summed E-state index contributed by atoms with van der Waals surface area (Å²) in [5.74, 6) is 0. The molecule has 7 aromatic carbocycles. The minimum absolute atomic E-state index is 0.826. The van der Waals surface area contributed by atoms with Crippen LogP contribution < -0.4 is 4.90 Å². The molecule has 0 atom stereocenters. The molecule has 0 fully saturated rings. The maximum atomic E-state index is 6.68. The first-order valence-corrected chi connectivity index (χ1v) is 16.5. The van der Waals surface area contributed by atoms with Gasteiger partial charge in [-0.15, -0.1) is 11.3 Å². The highest BCUT2D eigenvalue weighted by Gasteiger charge is 2.26. The van der Waals surface area contributed by atoms with Crippen molar-refractivity contribution in [2.24, 2.45) is 0 Å². The van der Waals surface area contributed by atoms with Crippen LogP contribution in [0.3, 0.4) is 0 Å². The molecule has 11 aromatic rings. The largest absolute Gasteiger partial charge is 0.455 e. The summed E-state index contributed by atoms with van der Waals surface area (Å²) in [5, 5.41) is 8.82. The van der Waals surface area contributed by atoms with Gasteiger partial charge >= 0.3 is 0 Å². The summed E-state index contributed by atoms with van der Waals surface area (Å²) in [6, 6.07) is 48.6. The zero-order valence-electron chi connectivity index (χ0n) is 24.9. The second kappa shape index (κ2) is 9.25. The molecule has 4 aromatic heterocycles. The molecule has 4 heterocycles. The van der Waals surface area contributed by atoms with Crippen molar-refractivity contribution in [3.8, 4) is 0 Å². The Labute approximate surface area is 271 Å². The zero-order chi connectivity index (χ0) is 30.6. The number of furan rings is 3. The Hall–Kier alpha value is -6.04. The van der Waals surface area contributed by atoms with Crippen LogP contribution in [0, 0.1) is 0 Å². The van der Waals surface area contributed by atoms with Gasteiger partial charge in [0.1, 0.15) is 22.3 Å². The summed E-state index contributed by atoms with van der Waals surface area (Å²) in [6.07, 6.45) is 0. The van der Waals surface area contributed by atoms with E-state index in [-0.39, 0.29) is 0 Å². The number of para-hydroxylation sites is 5. The van der Waals surface area contributed by atoms with Crippen molar-refractivity contribution in [1.29, 1.82) is 0 Å². The molecule has 11 rings (SSSR count). The molecule has 47 heavy (non-hydrogen) atoms. The Morgan fingerprint density at radius 1 is 0.340 bits per heavy atom. The Kier molecular flexibility index (Phi) is 4.96. The minimum Gasteiger partial charge on any atom is -0.455 e. The number of hydrogen-bond acceptors (Lipinski definition) is 5. The van der Waals surface area contributed by atoms with Crippen LogP contribution >= 0.6 is 11.3 Å². The van der Waals surface area contributed by atoms with Gasteiger partial charge < -0.3 is 18.2 Å². The first-order chi connectivity index (χ1) is 23.3. The molecule has 0 spiro atoms. The molecule has 0 aliphatic heterocycles. The van der Waals surface area contributed by atoms with Gasteiger partial charge in [-0.3, -0.25) is 0 Å². The van der Waals surface area contributed by atoms with E-state index in [0.29, 0.717) is 0 Å². The van der Waals surface area contributed by atoms with Crippen LogP contribution in [0.2, 0.25) is 0 Å². The van der Waals surface area contributed by atoms with Crippen LogP contribution in [-0.4, -0.2) is 0 Å². The van der Waals surface area contributed by atoms with Crippen LogP contribution in [0.15, 0.2) is 153 Å². The van der Waals surface area contributed by atoms with E-state index in [1.165, 1.54) is 9.40 Å². The van der Waals surface area contributed by atoms with E-state index in [4.69, 9.17) is 13.3 Å². The predicted molar refractivity (Wildman–Crippen MR) is 196 cm³/mol. The zero-order valence-corrected chi connectivity index (χ0v) is 25.7. The number of thiophene rings is 1. The molecule has 0 unspecified atom stereocenters. The standard InChI is InChI=1S/C42H23NO3S/c1-4-18-33-24(10-1)27-13-7-16-31(40(27)44-33)43(32-17-8-14-28-25-11-2-5-19-34(25)45-41(28)32)30-15-9-21-36-38(30)39-37(47-36)23-22-29-26-12-3-6-20-35(26)46-42(29)39/h1-23H. The van der Waals surface area contributed by atoms with E-state index in [1.54, 1.807) is 11.3 Å². The molecule has 0 saturated carbocycles. The molecule has 4 nitrogen and oxygen atoms in total. The molecule has 0 aliphatic rings. The van der Waals surface area contributed by atoms with Gasteiger partial charge in [0, 0.05) is 52.5 Å². The van der Waals surface area contributed by atoms with Crippen LogP contribution in [-0.2, 0) is 0 Å². The van der Waals surface area contributed by atoms with Gasteiger partial charge in [0.15, 0.2) is 11.2 Å². The van der Waals surface area contributed by atoms with Gasteiger partial charge in [-0.2, -0.15) is 0 Å². The molecule has 5 heteroatoms. The molecular formula is C42H23NO3S. The first-order valence-electron chi connectivity index (χ1n) is 15.7. The highest BCUT2D eigenvalue weighted by atomic mass is 32.1. The fraction of sp³-hybridized carbons (Fsp3) is 0. The third-order valence-corrected chi connectivity index (χ3v) is 10.6. The van der Waals surface area contributed by atoms with E-state index in [0.717, 1.165) is 93.7 Å². The smallest absolute Gasteiger partial charge is 0.159 e. The number of hydrogen-bond donors (Lipinski definition) is 0. The van der Waals surface area contributed by atoms with Crippen molar-refractivity contribution in [1.82, 2.24) is 0 Å². The van der Waals surface area contributed by atoms with Gasteiger partial charge in [-0.1, -0.05) is 84.9 Å². The van der Waals surface area contributed by atoms with Crippen LogP contribution in [0.5, 0.6) is 0 Å². The lowest BCUT2D eigenvalue weighted by molar-refractivity contribution is 0.666. The SMILES string of the molecule is c1ccc2c(c1)oc1c(N(c3cccc4c3oc3ccccc34)c3cccc4sc5ccc6c7ccccc7oc6c5c34)cccc12. The highest BCUT2D eigenvalue weighted by Crippen LogP contribution is 2.51. The van der Waals surface area contributed by atoms with E-state index >= 15 is 0 Å². The average molecular weight is 622 g/mol. The van der Waals surface area contributed by atoms with E-state index in [2.05, 4.69) is 108 Å². The molecule has 0 amide bonds. The highest BCUT2D eigenvalue weighted by molar-refractivity contribution is 7.26. The topological polar surface area (TPSA) is 42.7 Å². The minimum atomic E-state index is 0.826. The normalized spacial score (nSPS) is 12.3. The van der Waals surface area contributed by atoms with Crippen molar-refractivity contribution in [3.05, 3.63) is 140 Å². The summed E-state index contributed by atoms with van der Waals surface area (Å²) >= 11 is 1.79. The van der Waals surface area contributed by atoms with Gasteiger partial charge in [0.25, 0.3) is 0 Å². The molecule has 0 saturated heterocycles. The Morgan fingerprint density at radius 3 is 1.38 bits per heavy atom. The lowest BCUT2D eigenvalue weighted by Gasteiger charge is -2.26. The molecule has 220 valence electrons. The van der Waals surface area contributed by atoms with Crippen molar-refractivity contribution in [3.63, 3.8) is 0 Å². The third kappa shape index (κ3) is 3.41. The number of nitrogens with zero attached hydrogens (tertiary/aromatic N) is 1. The van der Waals surface area contributed by atoms with Crippen LogP contribution in [0.4, 0.5) is 17.1 Å². The third-order valence-electron chi connectivity index (χ3n) is 9.47. The summed E-state index contributed by atoms with van der Waals surface area (Å²) in [5.41, 5.74) is 8.08. The monoisotopic (exact) mass is 621 g/mol. The molecule has 0 bridgehead atoms. The van der Waals surface area contributed by atoms with Gasteiger partial charge in [0.2, 0.25) is 0 Å². The molecule has 0 radical (unpaired) electrons. The summed E-state index contributed by atoms with van der Waals surface area (Å²) in [4.78, 5) is 2.32. The number of rotatable bonds is 3. The molecule has 0 aliphatic carbocycles. The predicted octanol–water partition coefficient (Wildman–Crippen LogP) is 13.2. The van der Waals surface area contributed by atoms with Crippen molar-refractivity contribution >= 4 is 114 Å². The Bertz CT molecular complexity index is 2930. The van der Waals surface area contributed by atoms with Gasteiger partial charge in [0.05, 0.1) is 17.1 Å². The summed E-state index contributed by atoms with van der Waals surface area (Å²) in [6.45, 7) is 0. The number of fused-ring (bicyclic) bond motifs is 13. The Morgan fingerprint density at radius 2 is 0.787 bits per heavy atom. The molecular weight excluding hydrogens is 599 g/mol. The van der Waals surface area contributed by atoms with E-state index < -0.39 is 0 Å². The van der Waals surface area contributed by atoms with E-state index in [9.17, 15) is 0 Å². The number of benzene rings is 7. The van der Waals surface area contributed by atoms with Crippen molar-refractivity contribution < 1.29 is 13.3 Å². The lowest BCUT2D eigenvalue weighted by atomic mass is 10.0.